The molecule has 0 radical (unpaired) electrons. The van der Waals surface area contributed by atoms with Crippen molar-refractivity contribution in [3.8, 4) is 0 Å². The second-order valence-corrected chi connectivity index (χ2v) is 7.58. The van der Waals surface area contributed by atoms with Gasteiger partial charge in [-0.15, -0.1) is 11.3 Å². The minimum absolute atomic E-state index is 0.0508. The van der Waals surface area contributed by atoms with E-state index >= 15 is 0 Å². The van der Waals surface area contributed by atoms with E-state index in [0.29, 0.717) is 49.8 Å². The largest absolute Gasteiger partial charge is 0.366 e. The van der Waals surface area contributed by atoms with Crippen LogP contribution in [0.25, 0.3) is 0 Å². The van der Waals surface area contributed by atoms with Crippen LogP contribution in [0, 0.1) is 11.6 Å². The highest BCUT2D eigenvalue weighted by Gasteiger charge is 2.21. The fraction of sp³-hybridized carbons (Fsp3) is 0.400. The summed E-state index contributed by atoms with van der Waals surface area (Å²) in [6.07, 6.45) is 0.768. The lowest BCUT2D eigenvalue weighted by molar-refractivity contribution is 0.0957. The van der Waals surface area contributed by atoms with Crippen LogP contribution in [0.1, 0.15) is 16.1 Å². The number of halogens is 2. The zero-order chi connectivity index (χ0) is 20.6. The molecule has 1 fully saturated rings. The molecule has 0 spiro atoms. The molecule has 2 N–H and O–H groups in total. The number of anilines is 1. The standard InChI is InChI=1S/C20H25F2N5OS/c1-23-20(25-8-3-7-24-19(28)18-4-2-13-29-18)27-11-9-26(10-12-27)17-14-15(21)5-6-16(17)22/h2,4-6,13-14H,3,7-12H2,1H3,(H,23,25)(H,24,28). The highest BCUT2D eigenvalue weighted by atomic mass is 32.1. The minimum Gasteiger partial charge on any atom is -0.366 e. The summed E-state index contributed by atoms with van der Waals surface area (Å²) >= 11 is 1.42. The molecule has 29 heavy (non-hydrogen) atoms. The van der Waals surface area contributed by atoms with Crippen molar-refractivity contribution in [2.45, 2.75) is 6.42 Å². The first kappa shape index (κ1) is 21.0. The molecule has 1 aliphatic heterocycles. The van der Waals surface area contributed by atoms with Crippen LogP contribution in [-0.2, 0) is 0 Å². The van der Waals surface area contributed by atoms with E-state index in [1.807, 2.05) is 16.3 Å². The summed E-state index contributed by atoms with van der Waals surface area (Å²) in [4.78, 5) is 20.9. The molecule has 9 heteroatoms. The molecule has 2 aromatic rings. The number of amides is 1. The van der Waals surface area contributed by atoms with Gasteiger partial charge >= 0.3 is 0 Å². The van der Waals surface area contributed by atoms with E-state index in [2.05, 4.69) is 20.5 Å². The fourth-order valence-corrected chi connectivity index (χ4v) is 3.85. The second kappa shape index (κ2) is 10.2. The Balaban J connectivity index is 1.40. The first-order valence-corrected chi connectivity index (χ1v) is 10.4. The van der Waals surface area contributed by atoms with Crippen molar-refractivity contribution >= 4 is 28.9 Å². The SMILES string of the molecule is CN=C(NCCCNC(=O)c1cccs1)N1CCN(c2cc(F)ccc2F)CC1. The smallest absolute Gasteiger partial charge is 0.261 e. The number of hydrogen-bond donors (Lipinski definition) is 2. The Kier molecular flexibility index (Phi) is 7.40. The number of carbonyl (C=O) groups is 1. The Labute approximate surface area is 173 Å². The van der Waals surface area contributed by atoms with Gasteiger partial charge in [-0.3, -0.25) is 9.79 Å². The molecule has 1 aliphatic rings. The van der Waals surface area contributed by atoms with E-state index in [9.17, 15) is 13.6 Å². The van der Waals surface area contributed by atoms with Crippen LogP contribution in [0.15, 0.2) is 40.7 Å². The summed E-state index contributed by atoms with van der Waals surface area (Å²) in [5.74, 6) is -0.126. The third-order valence-corrected chi connectivity index (χ3v) is 5.58. The summed E-state index contributed by atoms with van der Waals surface area (Å²) in [7, 11) is 1.72. The van der Waals surface area contributed by atoms with Crippen LogP contribution < -0.4 is 15.5 Å². The lowest BCUT2D eigenvalue weighted by atomic mass is 10.2. The van der Waals surface area contributed by atoms with Gasteiger partial charge in [0.25, 0.3) is 5.91 Å². The zero-order valence-electron chi connectivity index (χ0n) is 16.3. The lowest BCUT2D eigenvalue weighted by Crippen LogP contribution is -2.53. The predicted octanol–water partition coefficient (Wildman–Crippen LogP) is 2.54. The number of nitrogens with one attached hydrogen (secondary N) is 2. The fourth-order valence-electron chi connectivity index (χ4n) is 3.20. The van der Waals surface area contributed by atoms with Gasteiger partial charge in [0.1, 0.15) is 11.6 Å². The average Bonchev–Trinajstić information content (AvgIpc) is 3.28. The topological polar surface area (TPSA) is 60.0 Å². The highest BCUT2D eigenvalue weighted by molar-refractivity contribution is 7.12. The van der Waals surface area contributed by atoms with Crippen molar-refractivity contribution in [3.05, 3.63) is 52.2 Å². The summed E-state index contributed by atoms with van der Waals surface area (Å²) in [5, 5.41) is 8.07. The summed E-state index contributed by atoms with van der Waals surface area (Å²) in [6, 6.07) is 7.18. The van der Waals surface area contributed by atoms with Crippen molar-refractivity contribution in [2.24, 2.45) is 4.99 Å². The third-order valence-electron chi connectivity index (χ3n) is 4.71. The van der Waals surface area contributed by atoms with E-state index in [-0.39, 0.29) is 5.91 Å². The number of rotatable bonds is 6. The van der Waals surface area contributed by atoms with E-state index in [1.54, 1.807) is 13.1 Å². The number of carbonyl (C=O) groups excluding carboxylic acids is 1. The normalized spacial score (nSPS) is 14.8. The highest BCUT2D eigenvalue weighted by Crippen LogP contribution is 2.21. The van der Waals surface area contributed by atoms with Crippen LogP contribution >= 0.6 is 11.3 Å². The molecule has 2 heterocycles. The minimum atomic E-state index is -0.438. The van der Waals surface area contributed by atoms with Crippen molar-refractivity contribution in [1.29, 1.82) is 0 Å². The molecule has 0 bridgehead atoms. The van der Waals surface area contributed by atoms with Crippen LogP contribution in [-0.4, -0.2) is 63.1 Å². The van der Waals surface area contributed by atoms with E-state index in [0.717, 1.165) is 24.5 Å². The molecule has 156 valence electrons. The Morgan fingerprint density at radius 2 is 1.90 bits per heavy atom. The molecule has 6 nitrogen and oxygen atoms in total. The van der Waals surface area contributed by atoms with Gasteiger partial charge in [-0.1, -0.05) is 6.07 Å². The van der Waals surface area contributed by atoms with Gasteiger partial charge in [-0.05, 0) is 30.0 Å². The summed E-state index contributed by atoms with van der Waals surface area (Å²) < 4.78 is 27.4. The molecule has 1 amide bonds. The number of guanidine groups is 1. The number of nitrogens with zero attached hydrogens (tertiary/aromatic N) is 3. The second-order valence-electron chi connectivity index (χ2n) is 6.63. The molecule has 1 aromatic carbocycles. The van der Waals surface area contributed by atoms with Crippen LogP contribution in [0.2, 0.25) is 0 Å². The monoisotopic (exact) mass is 421 g/mol. The van der Waals surface area contributed by atoms with Gasteiger partial charge in [0.15, 0.2) is 5.96 Å². The third kappa shape index (κ3) is 5.66. The van der Waals surface area contributed by atoms with Gasteiger partial charge in [0.05, 0.1) is 10.6 Å². The molecular formula is C20H25F2N5OS. The first-order valence-electron chi connectivity index (χ1n) is 9.56. The maximum Gasteiger partial charge on any atom is 0.261 e. The summed E-state index contributed by atoms with van der Waals surface area (Å²) in [6.45, 7) is 3.73. The molecule has 0 atom stereocenters. The maximum atomic E-state index is 14.0. The molecular weight excluding hydrogens is 396 g/mol. The number of aliphatic imine (C=N–C) groups is 1. The van der Waals surface area contributed by atoms with Crippen LogP contribution in [0.3, 0.4) is 0 Å². The van der Waals surface area contributed by atoms with Gasteiger partial charge < -0.3 is 20.4 Å². The number of hydrogen-bond acceptors (Lipinski definition) is 4. The first-order chi connectivity index (χ1) is 14.1. The molecule has 0 aliphatic carbocycles. The number of benzene rings is 1. The molecule has 3 rings (SSSR count). The van der Waals surface area contributed by atoms with Gasteiger partial charge in [-0.25, -0.2) is 8.78 Å². The Hall–Kier alpha value is -2.68. The number of thiophene rings is 1. The van der Waals surface area contributed by atoms with Crippen molar-refractivity contribution in [2.75, 3.05) is 51.2 Å². The quantitative estimate of drug-likeness (QED) is 0.428. The lowest BCUT2D eigenvalue weighted by Gasteiger charge is -2.37. The Morgan fingerprint density at radius 3 is 2.59 bits per heavy atom. The Bertz CT molecular complexity index is 835. The van der Waals surface area contributed by atoms with E-state index in [4.69, 9.17) is 0 Å². The van der Waals surface area contributed by atoms with Gasteiger partial charge in [0.2, 0.25) is 0 Å². The van der Waals surface area contributed by atoms with Gasteiger partial charge in [-0.2, -0.15) is 0 Å². The molecule has 1 saturated heterocycles. The van der Waals surface area contributed by atoms with Gasteiger partial charge in [0, 0.05) is 52.4 Å². The van der Waals surface area contributed by atoms with Crippen LogP contribution in [0.4, 0.5) is 14.5 Å². The summed E-state index contributed by atoms with van der Waals surface area (Å²) in [5.41, 5.74) is 0.300. The van der Waals surface area contributed by atoms with Crippen LogP contribution in [0.5, 0.6) is 0 Å². The Morgan fingerprint density at radius 1 is 1.14 bits per heavy atom. The average molecular weight is 422 g/mol. The van der Waals surface area contributed by atoms with Crippen molar-refractivity contribution in [1.82, 2.24) is 15.5 Å². The van der Waals surface area contributed by atoms with E-state index < -0.39 is 11.6 Å². The molecule has 1 aromatic heterocycles. The maximum absolute atomic E-state index is 14.0. The van der Waals surface area contributed by atoms with E-state index in [1.165, 1.54) is 17.4 Å². The predicted molar refractivity (Wildman–Crippen MR) is 113 cm³/mol. The molecule has 0 saturated carbocycles. The zero-order valence-corrected chi connectivity index (χ0v) is 17.1. The molecule has 0 unspecified atom stereocenters. The number of piperazine rings is 1. The van der Waals surface area contributed by atoms with Crippen molar-refractivity contribution < 1.29 is 13.6 Å². The van der Waals surface area contributed by atoms with Crippen molar-refractivity contribution in [3.63, 3.8) is 0 Å².